The van der Waals surface area contributed by atoms with Crippen molar-refractivity contribution in [3.8, 4) is 0 Å². The molecule has 0 aliphatic carbocycles. The molecule has 1 atom stereocenters. The molecule has 1 N–H and O–H groups in total. The number of nitro groups is 1. The Morgan fingerprint density at radius 1 is 1.74 bits per heavy atom. The van der Waals surface area contributed by atoms with Crippen molar-refractivity contribution in [3.63, 3.8) is 0 Å². The zero-order valence-corrected chi connectivity index (χ0v) is 11.4. The Morgan fingerprint density at radius 2 is 2.47 bits per heavy atom. The minimum absolute atomic E-state index is 0.0157. The quantitative estimate of drug-likeness (QED) is 0.672. The molecule has 1 aliphatic rings. The molecule has 2 heterocycles. The van der Waals surface area contributed by atoms with Gasteiger partial charge >= 0.3 is 11.0 Å². The monoisotopic (exact) mass is 285 g/mol. The summed E-state index contributed by atoms with van der Waals surface area (Å²) < 4.78 is 0. The molecule has 2 rings (SSSR count). The first-order valence-electron chi connectivity index (χ1n) is 6.07. The first-order chi connectivity index (χ1) is 8.98. The van der Waals surface area contributed by atoms with Gasteiger partial charge in [-0.1, -0.05) is 6.92 Å². The maximum atomic E-state index is 11.4. The van der Waals surface area contributed by atoms with Gasteiger partial charge in [0.25, 0.3) is 0 Å². The number of hydrogen-bond donors (Lipinski definition) is 1. The summed E-state index contributed by atoms with van der Waals surface area (Å²) in [4.78, 5) is 27.5. The molecule has 104 valence electrons. The third-order valence-electron chi connectivity index (χ3n) is 3.64. The number of thiazole rings is 1. The summed E-state index contributed by atoms with van der Waals surface area (Å²) in [5, 5.41) is 20.6. The van der Waals surface area contributed by atoms with Gasteiger partial charge in [-0.05, 0) is 30.6 Å². The van der Waals surface area contributed by atoms with Crippen LogP contribution >= 0.6 is 11.3 Å². The molecule has 0 radical (unpaired) electrons. The predicted molar refractivity (Wildman–Crippen MR) is 70.6 cm³/mol. The third-order valence-corrected chi connectivity index (χ3v) is 4.65. The highest BCUT2D eigenvalue weighted by atomic mass is 32.1. The third kappa shape index (κ3) is 2.53. The van der Waals surface area contributed by atoms with Crippen LogP contribution in [-0.4, -0.2) is 34.1 Å². The number of carboxylic acid groups (broad SMARTS) is 1. The van der Waals surface area contributed by atoms with Gasteiger partial charge < -0.3 is 10.0 Å². The summed E-state index contributed by atoms with van der Waals surface area (Å²) >= 11 is 0.993. The lowest BCUT2D eigenvalue weighted by Crippen LogP contribution is -2.47. The largest absolute Gasteiger partial charge is 0.481 e. The highest BCUT2D eigenvalue weighted by molar-refractivity contribution is 7.18. The summed E-state index contributed by atoms with van der Waals surface area (Å²) in [6.45, 7) is 2.92. The van der Waals surface area contributed by atoms with Gasteiger partial charge in [0.05, 0.1) is 10.3 Å². The number of aromatic nitrogens is 1. The lowest BCUT2D eigenvalue weighted by atomic mass is 9.78. The molecular formula is C11H15N3O4S. The van der Waals surface area contributed by atoms with E-state index in [0.29, 0.717) is 31.1 Å². The van der Waals surface area contributed by atoms with E-state index in [4.69, 9.17) is 0 Å². The Kier molecular flexibility index (Phi) is 3.70. The Balaban J connectivity index is 2.20. The standard InChI is InChI=1S/C11H15N3O4S/c1-2-11(9(15)16)4-3-5-13(7-11)10-12-6-8(19-10)14(17)18/h6H,2-5,7H2,1H3,(H,15,16). The van der Waals surface area contributed by atoms with E-state index in [9.17, 15) is 20.0 Å². The van der Waals surface area contributed by atoms with E-state index in [1.807, 2.05) is 11.8 Å². The first-order valence-corrected chi connectivity index (χ1v) is 6.89. The van der Waals surface area contributed by atoms with Gasteiger partial charge in [0.2, 0.25) is 0 Å². The second kappa shape index (κ2) is 5.12. The van der Waals surface area contributed by atoms with E-state index in [2.05, 4.69) is 4.98 Å². The van der Waals surface area contributed by atoms with Crippen LogP contribution in [0.1, 0.15) is 26.2 Å². The number of carbonyl (C=O) groups is 1. The minimum atomic E-state index is -0.800. The molecule has 0 spiro atoms. The van der Waals surface area contributed by atoms with Crippen LogP contribution in [0.25, 0.3) is 0 Å². The fourth-order valence-electron chi connectivity index (χ4n) is 2.40. The minimum Gasteiger partial charge on any atom is -0.481 e. The number of carboxylic acids is 1. The highest BCUT2D eigenvalue weighted by Crippen LogP contribution is 2.38. The van der Waals surface area contributed by atoms with E-state index < -0.39 is 16.3 Å². The lowest BCUT2D eigenvalue weighted by molar-refractivity contribution is -0.380. The first kappa shape index (κ1) is 13.7. The molecular weight excluding hydrogens is 270 g/mol. The van der Waals surface area contributed by atoms with Crippen LogP contribution in [0.4, 0.5) is 10.1 Å². The Hall–Kier alpha value is -1.70. The van der Waals surface area contributed by atoms with E-state index >= 15 is 0 Å². The second-order valence-corrected chi connectivity index (χ2v) is 5.69. The zero-order chi connectivity index (χ0) is 14.0. The van der Waals surface area contributed by atoms with Crippen molar-refractivity contribution in [2.45, 2.75) is 26.2 Å². The molecule has 1 aromatic rings. The Labute approximate surface area is 114 Å². The van der Waals surface area contributed by atoms with Crippen LogP contribution < -0.4 is 4.90 Å². The van der Waals surface area contributed by atoms with Crippen molar-refractivity contribution in [1.29, 1.82) is 0 Å². The van der Waals surface area contributed by atoms with E-state index in [-0.39, 0.29) is 5.00 Å². The summed E-state index contributed by atoms with van der Waals surface area (Å²) in [7, 11) is 0. The summed E-state index contributed by atoms with van der Waals surface area (Å²) in [5.41, 5.74) is -0.765. The molecule has 0 amide bonds. The number of anilines is 1. The Bertz CT molecular complexity index is 504. The van der Waals surface area contributed by atoms with Gasteiger partial charge in [-0.15, -0.1) is 0 Å². The zero-order valence-electron chi connectivity index (χ0n) is 10.5. The molecule has 1 fully saturated rings. The normalized spacial score (nSPS) is 23.3. The van der Waals surface area contributed by atoms with Gasteiger partial charge in [0.15, 0.2) is 5.13 Å². The topological polar surface area (TPSA) is 96.6 Å². The number of nitrogens with zero attached hydrogens (tertiary/aromatic N) is 3. The number of rotatable bonds is 4. The summed E-state index contributed by atoms with van der Waals surface area (Å²) in [5.74, 6) is -0.800. The number of piperidine rings is 1. The molecule has 19 heavy (non-hydrogen) atoms. The van der Waals surface area contributed by atoms with E-state index in [1.165, 1.54) is 6.20 Å². The maximum Gasteiger partial charge on any atom is 0.345 e. The van der Waals surface area contributed by atoms with Crippen LogP contribution in [0, 0.1) is 15.5 Å². The van der Waals surface area contributed by atoms with Gasteiger partial charge in [-0.25, -0.2) is 4.98 Å². The number of hydrogen-bond acceptors (Lipinski definition) is 6. The highest BCUT2D eigenvalue weighted by Gasteiger charge is 2.41. The van der Waals surface area contributed by atoms with Crippen molar-refractivity contribution in [3.05, 3.63) is 16.3 Å². The van der Waals surface area contributed by atoms with Crippen LogP contribution in [0.5, 0.6) is 0 Å². The van der Waals surface area contributed by atoms with Crippen molar-refractivity contribution in [2.24, 2.45) is 5.41 Å². The molecule has 0 saturated carbocycles. The van der Waals surface area contributed by atoms with Gasteiger partial charge in [0, 0.05) is 13.1 Å². The fraction of sp³-hybridized carbons (Fsp3) is 0.636. The fourth-order valence-corrected chi connectivity index (χ4v) is 3.15. The SMILES string of the molecule is CCC1(C(=O)O)CCCN(c2ncc([N+](=O)[O-])s2)C1. The molecule has 0 bridgehead atoms. The van der Waals surface area contributed by atoms with Crippen LogP contribution in [0.15, 0.2) is 6.20 Å². The van der Waals surface area contributed by atoms with E-state index in [0.717, 1.165) is 17.8 Å². The van der Waals surface area contributed by atoms with Crippen LogP contribution in [0.2, 0.25) is 0 Å². The molecule has 1 unspecified atom stereocenters. The molecule has 1 aliphatic heterocycles. The predicted octanol–water partition coefficient (Wildman–Crippen LogP) is 2.13. The van der Waals surface area contributed by atoms with Crippen molar-refractivity contribution < 1.29 is 14.8 Å². The van der Waals surface area contributed by atoms with Gasteiger partial charge in [-0.2, -0.15) is 0 Å². The summed E-state index contributed by atoms with van der Waals surface area (Å²) in [6, 6.07) is 0. The van der Waals surface area contributed by atoms with Crippen LogP contribution in [-0.2, 0) is 4.79 Å². The van der Waals surface area contributed by atoms with Crippen molar-refractivity contribution in [2.75, 3.05) is 18.0 Å². The molecule has 1 aromatic heterocycles. The van der Waals surface area contributed by atoms with Crippen molar-refractivity contribution in [1.82, 2.24) is 4.98 Å². The average molecular weight is 285 g/mol. The molecule has 0 aromatic carbocycles. The maximum absolute atomic E-state index is 11.4. The van der Waals surface area contributed by atoms with Gasteiger partial charge in [0.1, 0.15) is 6.20 Å². The van der Waals surface area contributed by atoms with E-state index in [1.54, 1.807) is 0 Å². The average Bonchev–Trinajstić information content (AvgIpc) is 2.88. The molecule has 7 nitrogen and oxygen atoms in total. The lowest BCUT2D eigenvalue weighted by Gasteiger charge is -2.39. The second-order valence-electron chi connectivity index (χ2n) is 4.70. The smallest absolute Gasteiger partial charge is 0.345 e. The summed E-state index contributed by atoms with van der Waals surface area (Å²) in [6.07, 6.45) is 3.17. The molecule has 8 heteroatoms. The van der Waals surface area contributed by atoms with Crippen molar-refractivity contribution >= 4 is 27.4 Å². The Morgan fingerprint density at radius 3 is 3.00 bits per heavy atom. The number of aliphatic carboxylic acids is 1. The molecule has 1 saturated heterocycles. The van der Waals surface area contributed by atoms with Crippen LogP contribution in [0.3, 0.4) is 0 Å². The van der Waals surface area contributed by atoms with Gasteiger partial charge in [-0.3, -0.25) is 14.9 Å².